The molecule has 6 nitrogen and oxygen atoms in total. The van der Waals surface area contributed by atoms with Crippen LogP contribution >= 0.6 is 11.3 Å². The highest BCUT2D eigenvalue weighted by Crippen LogP contribution is 2.23. The van der Waals surface area contributed by atoms with Gasteiger partial charge in [0.1, 0.15) is 6.33 Å². The van der Waals surface area contributed by atoms with E-state index in [1.54, 1.807) is 25.6 Å². The summed E-state index contributed by atoms with van der Waals surface area (Å²) in [7, 11) is 3.17. The zero-order valence-electron chi connectivity index (χ0n) is 11.8. The van der Waals surface area contributed by atoms with Gasteiger partial charge in [-0.3, -0.25) is 0 Å². The second-order valence-corrected chi connectivity index (χ2v) is 5.20. The Labute approximate surface area is 122 Å². The van der Waals surface area contributed by atoms with E-state index in [2.05, 4.69) is 27.2 Å². The van der Waals surface area contributed by atoms with Gasteiger partial charge >= 0.3 is 0 Å². The summed E-state index contributed by atoms with van der Waals surface area (Å²) in [6.45, 7) is 3.54. The van der Waals surface area contributed by atoms with Gasteiger partial charge in [-0.25, -0.2) is 15.0 Å². The van der Waals surface area contributed by atoms with Crippen LogP contribution in [-0.4, -0.2) is 35.7 Å². The lowest BCUT2D eigenvalue weighted by Gasteiger charge is -2.13. The van der Waals surface area contributed by atoms with Crippen molar-refractivity contribution in [2.45, 2.75) is 19.4 Å². The van der Waals surface area contributed by atoms with Crippen LogP contribution < -0.4 is 14.8 Å². The fourth-order valence-corrected chi connectivity index (χ4v) is 2.56. The summed E-state index contributed by atoms with van der Waals surface area (Å²) >= 11 is 1.67. The first-order valence-electron chi connectivity index (χ1n) is 6.28. The highest BCUT2D eigenvalue weighted by atomic mass is 32.1. The molecule has 108 valence electrons. The van der Waals surface area contributed by atoms with Gasteiger partial charge in [0.05, 0.1) is 24.8 Å². The Morgan fingerprint density at radius 1 is 1.20 bits per heavy atom. The summed E-state index contributed by atoms with van der Waals surface area (Å²) in [4.78, 5) is 12.5. The molecule has 0 saturated carbocycles. The van der Waals surface area contributed by atoms with Crippen LogP contribution in [0.2, 0.25) is 0 Å². The minimum atomic E-state index is 0.358. The smallest absolute Gasteiger partial charge is 0.224 e. The van der Waals surface area contributed by atoms with Crippen molar-refractivity contribution in [3.8, 4) is 11.8 Å². The van der Waals surface area contributed by atoms with Crippen LogP contribution in [0.1, 0.15) is 23.4 Å². The molecule has 0 aliphatic heterocycles. The fraction of sp³-hybridized carbons (Fsp3) is 0.462. The molecular weight excluding hydrogens is 276 g/mol. The van der Waals surface area contributed by atoms with Crippen molar-refractivity contribution in [1.29, 1.82) is 0 Å². The summed E-state index contributed by atoms with van der Waals surface area (Å²) < 4.78 is 10.5. The molecule has 0 amide bonds. The van der Waals surface area contributed by atoms with E-state index in [-0.39, 0.29) is 0 Å². The number of hydrogen-bond donors (Lipinski definition) is 1. The Kier molecular flexibility index (Phi) is 5.25. The average Bonchev–Trinajstić information content (AvgIpc) is 3.01. The second kappa shape index (κ2) is 7.16. The van der Waals surface area contributed by atoms with Crippen molar-refractivity contribution < 1.29 is 9.47 Å². The van der Waals surface area contributed by atoms with Crippen molar-refractivity contribution in [3.05, 3.63) is 28.5 Å². The van der Waals surface area contributed by atoms with Gasteiger partial charge in [-0.05, 0) is 0 Å². The molecule has 0 aromatic carbocycles. The third kappa shape index (κ3) is 3.43. The third-order valence-corrected chi connectivity index (χ3v) is 3.89. The highest BCUT2D eigenvalue weighted by Gasteiger charge is 2.13. The van der Waals surface area contributed by atoms with E-state index < -0.39 is 0 Å². The van der Waals surface area contributed by atoms with Crippen LogP contribution in [0.3, 0.4) is 0 Å². The molecule has 2 aromatic rings. The molecule has 0 saturated heterocycles. The third-order valence-electron chi connectivity index (χ3n) is 2.88. The molecule has 20 heavy (non-hydrogen) atoms. The second-order valence-electron chi connectivity index (χ2n) is 4.27. The predicted molar refractivity (Wildman–Crippen MR) is 77.4 cm³/mol. The lowest BCUT2D eigenvalue weighted by atomic mass is 10.2. The maximum atomic E-state index is 5.24. The highest BCUT2D eigenvalue weighted by molar-refractivity contribution is 7.09. The standard InChI is InChI=1S/C13H18N4O2S/c1-9(13-15-4-5-20-13)6-14-7-10-11(18-2)16-8-17-12(10)19-3/h4-5,8-9,14H,6-7H2,1-3H3. The molecule has 1 N–H and O–H groups in total. The minimum absolute atomic E-state index is 0.358. The van der Waals surface area contributed by atoms with Gasteiger partial charge in [-0.2, -0.15) is 0 Å². The largest absolute Gasteiger partial charge is 0.481 e. The fourth-order valence-electron chi connectivity index (χ4n) is 1.86. The molecular formula is C13H18N4O2S. The number of thiazole rings is 1. The number of rotatable bonds is 7. The molecule has 7 heteroatoms. The number of nitrogens with zero attached hydrogens (tertiary/aromatic N) is 3. The SMILES string of the molecule is COc1ncnc(OC)c1CNCC(C)c1nccs1. The van der Waals surface area contributed by atoms with E-state index >= 15 is 0 Å². The molecule has 2 aromatic heterocycles. The Balaban J connectivity index is 1.97. The molecule has 0 spiro atoms. The molecule has 2 heterocycles. The summed E-state index contributed by atoms with van der Waals surface area (Å²) in [5.74, 6) is 1.43. The van der Waals surface area contributed by atoms with Gasteiger partial charge in [0.15, 0.2) is 0 Å². The molecule has 0 bridgehead atoms. The maximum absolute atomic E-state index is 5.24. The van der Waals surface area contributed by atoms with E-state index in [1.165, 1.54) is 6.33 Å². The Bertz CT molecular complexity index is 511. The zero-order valence-corrected chi connectivity index (χ0v) is 12.6. The van der Waals surface area contributed by atoms with Crippen molar-refractivity contribution in [3.63, 3.8) is 0 Å². The van der Waals surface area contributed by atoms with Crippen LogP contribution in [0.5, 0.6) is 11.8 Å². The molecule has 0 fully saturated rings. The van der Waals surface area contributed by atoms with Gasteiger partial charge < -0.3 is 14.8 Å². The van der Waals surface area contributed by atoms with Crippen LogP contribution in [0.25, 0.3) is 0 Å². The lowest BCUT2D eigenvalue weighted by Crippen LogP contribution is -2.20. The van der Waals surface area contributed by atoms with Crippen molar-refractivity contribution >= 4 is 11.3 Å². The first-order chi connectivity index (χ1) is 9.76. The quantitative estimate of drug-likeness (QED) is 0.840. The molecule has 0 aliphatic rings. The maximum Gasteiger partial charge on any atom is 0.224 e. The number of methoxy groups -OCH3 is 2. The Hall–Kier alpha value is -1.73. The average molecular weight is 294 g/mol. The molecule has 2 rings (SSSR count). The van der Waals surface area contributed by atoms with Gasteiger partial charge in [0.25, 0.3) is 0 Å². The van der Waals surface area contributed by atoms with E-state index in [0.717, 1.165) is 17.1 Å². The van der Waals surface area contributed by atoms with Gasteiger partial charge in [-0.15, -0.1) is 11.3 Å². The Morgan fingerprint density at radius 2 is 1.90 bits per heavy atom. The summed E-state index contributed by atoms with van der Waals surface area (Å²) in [5.41, 5.74) is 0.823. The molecule has 0 aliphatic carbocycles. The molecule has 1 atom stereocenters. The van der Waals surface area contributed by atoms with E-state index in [0.29, 0.717) is 24.2 Å². The summed E-state index contributed by atoms with van der Waals surface area (Å²) in [5, 5.41) is 6.48. The van der Waals surface area contributed by atoms with E-state index in [1.807, 2.05) is 11.6 Å². The number of aromatic nitrogens is 3. The van der Waals surface area contributed by atoms with Gasteiger partial charge in [0, 0.05) is 30.6 Å². The number of hydrogen-bond acceptors (Lipinski definition) is 7. The van der Waals surface area contributed by atoms with Crippen molar-refractivity contribution in [1.82, 2.24) is 20.3 Å². The predicted octanol–water partition coefficient (Wildman–Crippen LogP) is 1.84. The number of nitrogens with one attached hydrogen (secondary N) is 1. The molecule has 1 unspecified atom stereocenters. The minimum Gasteiger partial charge on any atom is -0.481 e. The monoisotopic (exact) mass is 294 g/mol. The van der Waals surface area contributed by atoms with Gasteiger partial charge in [0.2, 0.25) is 11.8 Å². The normalized spacial score (nSPS) is 12.2. The van der Waals surface area contributed by atoms with Gasteiger partial charge in [-0.1, -0.05) is 6.92 Å². The van der Waals surface area contributed by atoms with Crippen LogP contribution in [0.15, 0.2) is 17.9 Å². The van der Waals surface area contributed by atoms with Crippen LogP contribution in [0, 0.1) is 0 Å². The van der Waals surface area contributed by atoms with E-state index in [9.17, 15) is 0 Å². The van der Waals surface area contributed by atoms with Crippen molar-refractivity contribution in [2.24, 2.45) is 0 Å². The van der Waals surface area contributed by atoms with Crippen LogP contribution in [0.4, 0.5) is 0 Å². The zero-order chi connectivity index (χ0) is 14.4. The summed E-state index contributed by atoms with van der Waals surface area (Å²) in [6.07, 6.45) is 3.26. The first kappa shape index (κ1) is 14.7. The molecule has 0 radical (unpaired) electrons. The Morgan fingerprint density at radius 3 is 2.45 bits per heavy atom. The van der Waals surface area contributed by atoms with Crippen molar-refractivity contribution in [2.75, 3.05) is 20.8 Å². The first-order valence-corrected chi connectivity index (χ1v) is 7.16. The topological polar surface area (TPSA) is 69.2 Å². The number of ether oxygens (including phenoxy) is 2. The lowest BCUT2D eigenvalue weighted by molar-refractivity contribution is 0.359. The van der Waals surface area contributed by atoms with Crippen LogP contribution in [-0.2, 0) is 6.54 Å². The van der Waals surface area contributed by atoms with E-state index in [4.69, 9.17) is 9.47 Å². The summed E-state index contributed by atoms with van der Waals surface area (Å²) in [6, 6.07) is 0.